The fourth-order valence-electron chi connectivity index (χ4n) is 1.83. The molecule has 2 aromatic carbocycles. The second-order valence-corrected chi connectivity index (χ2v) is 4.22. The normalized spacial score (nSPS) is 11.9. The number of rotatable bonds is 1. The topological polar surface area (TPSA) is 45.9 Å². The maximum atomic E-state index is 12.5. The molecule has 0 aliphatic heterocycles. The van der Waals surface area contributed by atoms with Gasteiger partial charge in [-0.05, 0) is 36.4 Å². The van der Waals surface area contributed by atoms with Gasteiger partial charge >= 0.3 is 6.18 Å². The third-order valence-electron chi connectivity index (χ3n) is 2.82. The third kappa shape index (κ3) is 2.20. The summed E-state index contributed by atoms with van der Waals surface area (Å²) in [5.74, 6) is -0.0240. The predicted molar refractivity (Wildman–Crippen MR) is 64.6 cm³/mol. The van der Waals surface area contributed by atoms with Gasteiger partial charge in [-0.2, -0.15) is 13.2 Å². The Labute approximate surface area is 111 Å². The van der Waals surface area contributed by atoms with Crippen LogP contribution in [0.4, 0.5) is 13.2 Å². The molecule has 0 aliphatic rings. The van der Waals surface area contributed by atoms with Crippen LogP contribution in [0.2, 0.25) is 0 Å². The molecule has 0 saturated heterocycles. The highest BCUT2D eigenvalue weighted by molar-refractivity contribution is 5.77. The van der Waals surface area contributed by atoms with E-state index in [0.717, 1.165) is 12.1 Å². The van der Waals surface area contributed by atoms with E-state index in [9.17, 15) is 18.3 Å². The summed E-state index contributed by atoms with van der Waals surface area (Å²) in [4.78, 5) is 4.09. The molecule has 3 rings (SSSR count). The second-order valence-electron chi connectivity index (χ2n) is 4.22. The van der Waals surface area contributed by atoms with Gasteiger partial charge in [0.1, 0.15) is 5.52 Å². The van der Waals surface area contributed by atoms with Crippen molar-refractivity contribution in [3.05, 3.63) is 48.0 Å². The molecule has 101 valence electrons. The Morgan fingerprint density at radius 3 is 2.35 bits per heavy atom. The predicted octanol–water partition coefficient (Wildman–Crippen LogP) is 4.66. The van der Waals surface area contributed by atoms with Crippen LogP contribution in [0.15, 0.2) is 46.9 Å². The van der Waals surface area contributed by atoms with Crippen LogP contribution in [0.5, 0.6) is 5.75 Å². The minimum atomic E-state index is -4.38. The molecule has 0 atom stereocenters. The van der Waals surface area contributed by atoms with E-state index in [4.69, 9.17) is 4.42 Å². The molecule has 1 heterocycles. The van der Waals surface area contributed by atoms with Gasteiger partial charge in [0, 0.05) is 11.6 Å². The summed E-state index contributed by atoms with van der Waals surface area (Å²) in [6.45, 7) is 0. The van der Waals surface area contributed by atoms with Crippen LogP contribution in [-0.4, -0.2) is 4.98 Å². The quantitative estimate of drug-likeness (QED) is 0.650. The minimum Gasteiger partial charge on any atom is -0.436 e. The Kier molecular flexibility index (Phi) is 2.67. The first kappa shape index (κ1) is 12.5. The van der Waals surface area contributed by atoms with Crippen molar-refractivity contribution < 1.29 is 22.7 Å². The fraction of sp³-hybridized carbons (Fsp3) is 0.0714. The number of nitrogens with zero attached hydrogens (tertiary/aromatic N) is 1. The molecule has 0 saturated carbocycles. The van der Waals surface area contributed by atoms with Crippen molar-refractivity contribution in [2.75, 3.05) is 0 Å². The van der Waals surface area contributed by atoms with Gasteiger partial charge in [-0.15, -0.1) is 0 Å². The molecular weight excluding hydrogens is 271 g/mol. The Bertz CT molecular complexity index is 760. The molecule has 0 amide bonds. The van der Waals surface area contributed by atoms with Gasteiger partial charge < -0.3 is 4.42 Å². The molecule has 0 unspecified atom stereocenters. The lowest BCUT2D eigenvalue weighted by molar-refractivity contribution is -0.137. The number of fused-ring (bicyclic) bond motifs is 1. The van der Waals surface area contributed by atoms with Gasteiger partial charge in [-0.25, -0.2) is 4.98 Å². The summed E-state index contributed by atoms with van der Waals surface area (Å²) in [5.41, 5.74) is 0.479. The van der Waals surface area contributed by atoms with Crippen LogP contribution in [0.3, 0.4) is 0 Å². The maximum Gasteiger partial charge on any atom is 0.416 e. The van der Waals surface area contributed by atoms with Gasteiger partial charge in [0.15, 0.2) is 11.3 Å². The standard InChI is InChI=1S/C14H7F3NO2/c15-14(16,17)9-3-1-8(2-4-9)13-18-11-7-10(19)5-6-12(11)20-13/h1-7H. The Morgan fingerprint density at radius 2 is 1.70 bits per heavy atom. The van der Waals surface area contributed by atoms with E-state index in [1.54, 1.807) is 0 Å². The molecule has 3 nitrogen and oxygen atoms in total. The average molecular weight is 278 g/mol. The van der Waals surface area contributed by atoms with Crippen LogP contribution in [0.1, 0.15) is 5.56 Å². The van der Waals surface area contributed by atoms with Crippen LogP contribution >= 0.6 is 0 Å². The monoisotopic (exact) mass is 278 g/mol. The van der Waals surface area contributed by atoms with E-state index in [2.05, 4.69) is 4.98 Å². The summed E-state index contributed by atoms with van der Waals surface area (Å²) in [6.07, 6.45) is -4.38. The summed E-state index contributed by atoms with van der Waals surface area (Å²) in [5, 5.41) is 11.2. The number of hydrogen-bond acceptors (Lipinski definition) is 2. The molecule has 3 aromatic rings. The summed E-state index contributed by atoms with van der Waals surface area (Å²) in [6, 6.07) is 8.62. The smallest absolute Gasteiger partial charge is 0.416 e. The molecule has 0 fully saturated rings. The number of aromatic nitrogens is 1. The molecule has 0 aliphatic carbocycles. The van der Waals surface area contributed by atoms with Crippen LogP contribution in [0.25, 0.3) is 22.6 Å². The SMILES string of the molecule is [O]c1ccc2oc(-c3ccc(C(F)(F)F)cc3)nc2c1. The molecule has 6 heteroatoms. The average Bonchev–Trinajstić information content (AvgIpc) is 2.80. The first-order chi connectivity index (χ1) is 9.43. The van der Waals surface area contributed by atoms with Crippen molar-refractivity contribution in [1.29, 1.82) is 0 Å². The molecule has 1 aromatic heterocycles. The van der Waals surface area contributed by atoms with Crippen molar-refractivity contribution in [2.24, 2.45) is 0 Å². The van der Waals surface area contributed by atoms with E-state index in [1.165, 1.54) is 30.3 Å². The molecule has 20 heavy (non-hydrogen) atoms. The Balaban J connectivity index is 2.02. The Hall–Kier alpha value is -2.50. The van der Waals surface area contributed by atoms with Gasteiger partial charge in [0.05, 0.1) is 5.56 Å². The molecule has 0 N–H and O–H groups in total. The van der Waals surface area contributed by atoms with Crippen molar-refractivity contribution in [3.63, 3.8) is 0 Å². The minimum absolute atomic E-state index is 0.180. The highest BCUT2D eigenvalue weighted by Gasteiger charge is 2.30. The van der Waals surface area contributed by atoms with Crippen LogP contribution in [0, 0.1) is 0 Å². The van der Waals surface area contributed by atoms with Crippen LogP contribution in [-0.2, 0) is 11.3 Å². The van der Waals surface area contributed by atoms with E-state index in [-0.39, 0.29) is 11.6 Å². The molecule has 1 radical (unpaired) electrons. The van der Waals surface area contributed by atoms with E-state index in [0.29, 0.717) is 16.7 Å². The lowest BCUT2D eigenvalue weighted by atomic mass is 10.1. The number of benzene rings is 2. The van der Waals surface area contributed by atoms with Gasteiger partial charge in [0.2, 0.25) is 5.89 Å². The highest BCUT2D eigenvalue weighted by atomic mass is 19.4. The zero-order valence-electron chi connectivity index (χ0n) is 9.94. The molecule has 0 bridgehead atoms. The van der Waals surface area contributed by atoms with Crippen LogP contribution < -0.4 is 0 Å². The summed E-state index contributed by atoms with van der Waals surface area (Å²) in [7, 11) is 0. The zero-order valence-corrected chi connectivity index (χ0v) is 9.94. The van der Waals surface area contributed by atoms with Crippen molar-refractivity contribution >= 4 is 11.1 Å². The largest absolute Gasteiger partial charge is 0.436 e. The number of halogens is 3. The lowest BCUT2D eigenvalue weighted by Crippen LogP contribution is -2.03. The number of alkyl halides is 3. The number of hydrogen-bond donors (Lipinski definition) is 0. The fourth-order valence-corrected chi connectivity index (χ4v) is 1.83. The lowest BCUT2D eigenvalue weighted by Gasteiger charge is -2.05. The van der Waals surface area contributed by atoms with E-state index in [1.807, 2.05) is 0 Å². The summed E-state index contributed by atoms with van der Waals surface area (Å²) < 4.78 is 42.8. The molecular formula is C14H7F3NO2. The van der Waals surface area contributed by atoms with E-state index >= 15 is 0 Å². The second kappa shape index (κ2) is 4.26. The van der Waals surface area contributed by atoms with Crippen molar-refractivity contribution in [3.8, 4) is 17.2 Å². The van der Waals surface area contributed by atoms with Crippen molar-refractivity contribution in [2.45, 2.75) is 6.18 Å². The maximum absolute atomic E-state index is 12.5. The van der Waals surface area contributed by atoms with Gasteiger partial charge in [-0.3, -0.25) is 5.11 Å². The van der Waals surface area contributed by atoms with Gasteiger partial charge in [-0.1, -0.05) is 0 Å². The highest BCUT2D eigenvalue weighted by Crippen LogP contribution is 2.32. The summed E-state index contributed by atoms with van der Waals surface area (Å²) >= 11 is 0. The molecule has 0 spiro atoms. The first-order valence-electron chi connectivity index (χ1n) is 5.69. The van der Waals surface area contributed by atoms with E-state index < -0.39 is 11.7 Å². The third-order valence-corrected chi connectivity index (χ3v) is 2.82. The number of oxazole rings is 1. The Morgan fingerprint density at radius 1 is 1.00 bits per heavy atom. The van der Waals surface area contributed by atoms with Crippen molar-refractivity contribution in [1.82, 2.24) is 4.98 Å². The zero-order chi connectivity index (χ0) is 14.3. The van der Waals surface area contributed by atoms with Gasteiger partial charge in [0.25, 0.3) is 0 Å². The first-order valence-corrected chi connectivity index (χ1v) is 5.69.